The lowest BCUT2D eigenvalue weighted by molar-refractivity contribution is 0.0595. The average molecular weight is 232 g/mol. The maximum Gasteiger partial charge on any atom is 0.356 e. The first-order valence-corrected chi connectivity index (χ1v) is 5.02. The number of nitrogens with zero attached hydrogens (tertiary/aromatic N) is 1. The van der Waals surface area contributed by atoms with Crippen molar-refractivity contribution in [3.8, 4) is 16.9 Å². The molecule has 0 aliphatic carbocycles. The van der Waals surface area contributed by atoms with E-state index < -0.39 is 5.97 Å². The Labute approximate surface area is 98.4 Å². The summed E-state index contributed by atoms with van der Waals surface area (Å²) < 4.78 is 9.80. The van der Waals surface area contributed by atoms with Crippen molar-refractivity contribution in [2.24, 2.45) is 0 Å². The van der Waals surface area contributed by atoms with E-state index in [0.29, 0.717) is 11.3 Å². The standard InChI is InChI=1S/C12H12N2O3/c1-16-9-5-3-4-8(6-9)10-7-13-14-11(10)12(15)17-2/h3-7H,1-2H3,(H,13,14). The molecule has 1 N–H and O–H groups in total. The van der Waals surface area contributed by atoms with Crippen LogP contribution in [-0.2, 0) is 4.74 Å². The molecule has 0 unspecified atom stereocenters. The number of aromatic amines is 1. The van der Waals surface area contributed by atoms with Gasteiger partial charge in [0.25, 0.3) is 0 Å². The predicted octanol–water partition coefficient (Wildman–Crippen LogP) is 1.87. The van der Waals surface area contributed by atoms with E-state index in [1.165, 1.54) is 7.11 Å². The van der Waals surface area contributed by atoms with Crippen molar-refractivity contribution < 1.29 is 14.3 Å². The molecule has 0 atom stereocenters. The van der Waals surface area contributed by atoms with Gasteiger partial charge in [0.05, 0.1) is 20.4 Å². The van der Waals surface area contributed by atoms with Crippen molar-refractivity contribution in [3.63, 3.8) is 0 Å². The van der Waals surface area contributed by atoms with Crippen molar-refractivity contribution >= 4 is 5.97 Å². The number of hydrogen-bond donors (Lipinski definition) is 1. The highest BCUT2D eigenvalue weighted by atomic mass is 16.5. The zero-order chi connectivity index (χ0) is 12.3. The molecule has 88 valence electrons. The summed E-state index contributed by atoms with van der Waals surface area (Å²) in [6.07, 6.45) is 1.58. The lowest BCUT2D eigenvalue weighted by Crippen LogP contribution is -2.03. The van der Waals surface area contributed by atoms with Gasteiger partial charge in [0, 0.05) is 5.56 Å². The molecule has 0 aliphatic heterocycles. The van der Waals surface area contributed by atoms with Crippen LogP contribution >= 0.6 is 0 Å². The van der Waals surface area contributed by atoms with E-state index in [2.05, 4.69) is 14.9 Å². The number of carbonyl (C=O) groups is 1. The summed E-state index contributed by atoms with van der Waals surface area (Å²) in [7, 11) is 2.92. The fourth-order valence-corrected chi connectivity index (χ4v) is 1.55. The van der Waals surface area contributed by atoms with Gasteiger partial charge in [0.2, 0.25) is 0 Å². The molecule has 0 radical (unpaired) electrons. The maximum absolute atomic E-state index is 11.5. The van der Waals surface area contributed by atoms with E-state index in [4.69, 9.17) is 4.74 Å². The molecule has 5 heteroatoms. The first kappa shape index (κ1) is 11.2. The number of benzene rings is 1. The second-order valence-electron chi connectivity index (χ2n) is 3.38. The smallest absolute Gasteiger partial charge is 0.356 e. The van der Waals surface area contributed by atoms with Gasteiger partial charge in [-0.15, -0.1) is 0 Å². The van der Waals surface area contributed by atoms with Crippen LogP contribution in [0.25, 0.3) is 11.1 Å². The fourth-order valence-electron chi connectivity index (χ4n) is 1.55. The molecule has 0 saturated carbocycles. The first-order valence-electron chi connectivity index (χ1n) is 5.02. The third kappa shape index (κ3) is 2.13. The second-order valence-corrected chi connectivity index (χ2v) is 3.38. The van der Waals surface area contributed by atoms with Crippen LogP contribution in [0.4, 0.5) is 0 Å². The van der Waals surface area contributed by atoms with E-state index in [-0.39, 0.29) is 0 Å². The summed E-state index contributed by atoms with van der Waals surface area (Å²) in [5.74, 6) is 0.278. The van der Waals surface area contributed by atoms with Crippen LogP contribution < -0.4 is 4.74 Å². The molecule has 0 amide bonds. The molecule has 0 bridgehead atoms. The van der Waals surface area contributed by atoms with Crippen molar-refractivity contribution in [2.75, 3.05) is 14.2 Å². The minimum atomic E-state index is -0.444. The number of aromatic nitrogens is 2. The quantitative estimate of drug-likeness (QED) is 0.820. The lowest BCUT2D eigenvalue weighted by Gasteiger charge is -2.04. The summed E-state index contributed by atoms with van der Waals surface area (Å²) in [4.78, 5) is 11.5. The molecule has 17 heavy (non-hydrogen) atoms. The third-order valence-corrected chi connectivity index (χ3v) is 2.41. The number of nitrogens with one attached hydrogen (secondary N) is 1. The summed E-state index contributed by atoms with van der Waals surface area (Å²) in [6.45, 7) is 0. The molecule has 0 spiro atoms. The Hall–Kier alpha value is -2.30. The fraction of sp³-hybridized carbons (Fsp3) is 0.167. The third-order valence-electron chi connectivity index (χ3n) is 2.41. The molecule has 0 aliphatic rings. The van der Waals surface area contributed by atoms with Gasteiger partial charge < -0.3 is 9.47 Å². The normalized spacial score (nSPS) is 10.0. The molecule has 1 aromatic heterocycles. The van der Waals surface area contributed by atoms with Crippen molar-refractivity contribution in [2.45, 2.75) is 0 Å². The monoisotopic (exact) mass is 232 g/mol. The SMILES string of the molecule is COC(=O)c1[nH]ncc1-c1cccc(OC)c1. The minimum absolute atomic E-state index is 0.334. The molecule has 1 aromatic carbocycles. The number of carbonyl (C=O) groups excluding carboxylic acids is 1. The highest BCUT2D eigenvalue weighted by molar-refractivity contribution is 5.95. The van der Waals surface area contributed by atoms with Crippen LogP contribution in [0.1, 0.15) is 10.5 Å². The van der Waals surface area contributed by atoms with Crippen molar-refractivity contribution in [1.29, 1.82) is 0 Å². The van der Waals surface area contributed by atoms with Gasteiger partial charge in [0.1, 0.15) is 5.75 Å². The molecule has 2 aromatic rings. The van der Waals surface area contributed by atoms with Crippen LogP contribution in [0.3, 0.4) is 0 Å². The van der Waals surface area contributed by atoms with E-state index in [9.17, 15) is 4.79 Å². The summed E-state index contributed by atoms with van der Waals surface area (Å²) in [6, 6.07) is 7.39. The van der Waals surface area contributed by atoms with Gasteiger partial charge >= 0.3 is 5.97 Å². The van der Waals surface area contributed by atoms with Gasteiger partial charge in [-0.3, -0.25) is 5.10 Å². The van der Waals surface area contributed by atoms with Crippen LogP contribution in [0.5, 0.6) is 5.75 Å². The largest absolute Gasteiger partial charge is 0.497 e. The topological polar surface area (TPSA) is 64.2 Å². The summed E-state index contributed by atoms with van der Waals surface area (Å²) >= 11 is 0. The molecule has 0 saturated heterocycles. The van der Waals surface area contributed by atoms with E-state index in [0.717, 1.165) is 11.3 Å². The predicted molar refractivity (Wildman–Crippen MR) is 61.9 cm³/mol. The van der Waals surface area contributed by atoms with Crippen LogP contribution in [0.15, 0.2) is 30.5 Å². The number of hydrogen-bond acceptors (Lipinski definition) is 4. The van der Waals surface area contributed by atoms with E-state index in [1.807, 2.05) is 24.3 Å². The van der Waals surface area contributed by atoms with Gasteiger partial charge in [-0.2, -0.15) is 5.10 Å². The Balaban J connectivity index is 2.45. The molecule has 2 rings (SSSR count). The van der Waals surface area contributed by atoms with Crippen molar-refractivity contribution in [1.82, 2.24) is 10.2 Å². The first-order chi connectivity index (χ1) is 8.26. The lowest BCUT2D eigenvalue weighted by atomic mass is 10.1. The van der Waals surface area contributed by atoms with Crippen LogP contribution in [0, 0.1) is 0 Å². The highest BCUT2D eigenvalue weighted by Gasteiger charge is 2.15. The molecular formula is C12H12N2O3. The van der Waals surface area contributed by atoms with Crippen LogP contribution in [0.2, 0.25) is 0 Å². The van der Waals surface area contributed by atoms with Gasteiger partial charge in [0.15, 0.2) is 5.69 Å². The van der Waals surface area contributed by atoms with Gasteiger partial charge in [-0.25, -0.2) is 4.79 Å². The second kappa shape index (κ2) is 4.69. The number of ether oxygens (including phenoxy) is 2. The number of H-pyrrole nitrogens is 1. The molecule has 1 heterocycles. The van der Waals surface area contributed by atoms with Crippen LogP contribution in [-0.4, -0.2) is 30.4 Å². The number of methoxy groups -OCH3 is 2. The molecule has 5 nitrogen and oxygen atoms in total. The zero-order valence-corrected chi connectivity index (χ0v) is 9.56. The summed E-state index contributed by atoms with van der Waals surface area (Å²) in [5.41, 5.74) is 1.87. The maximum atomic E-state index is 11.5. The van der Waals surface area contributed by atoms with Gasteiger partial charge in [-0.1, -0.05) is 12.1 Å². The van der Waals surface area contributed by atoms with E-state index in [1.54, 1.807) is 13.3 Å². The molecular weight excluding hydrogens is 220 g/mol. The average Bonchev–Trinajstić information content (AvgIpc) is 2.87. The Morgan fingerprint density at radius 1 is 1.35 bits per heavy atom. The number of rotatable bonds is 3. The van der Waals surface area contributed by atoms with Gasteiger partial charge in [-0.05, 0) is 17.7 Å². The summed E-state index contributed by atoms with van der Waals surface area (Å²) in [5, 5.41) is 6.48. The van der Waals surface area contributed by atoms with E-state index >= 15 is 0 Å². The Bertz CT molecular complexity index is 534. The Morgan fingerprint density at radius 2 is 2.18 bits per heavy atom. The zero-order valence-electron chi connectivity index (χ0n) is 9.56. The Morgan fingerprint density at radius 3 is 2.88 bits per heavy atom. The Kier molecular flexibility index (Phi) is 3.09. The molecule has 0 fully saturated rings. The highest BCUT2D eigenvalue weighted by Crippen LogP contribution is 2.25. The van der Waals surface area contributed by atoms with Crippen molar-refractivity contribution in [3.05, 3.63) is 36.2 Å². The number of esters is 1. The minimum Gasteiger partial charge on any atom is -0.497 e.